The molecule has 0 aliphatic rings. The lowest BCUT2D eigenvalue weighted by Crippen LogP contribution is -1.78. The number of nitroso groups, excluding NO2 is 1. The van der Waals surface area contributed by atoms with E-state index in [1.54, 1.807) is 24.4 Å². The minimum absolute atomic E-state index is 0.245. The molecule has 4 nitrogen and oxygen atoms in total. The lowest BCUT2D eigenvalue weighted by atomic mass is 10.1. The molecule has 0 aliphatic carbocycles. The van der Waals surface area contributed by atoms with Crippen molar-refractivity contribution in [3.63, 3.8) is 0 Å². The van der Waals surface area contributed by atoms with Crippen LogP contribution >= 0.6 is 11.6 Å². The second-order valence-electron chi connectivity index (χ2n) is 2.73. The van der Waals surface area contributed by atoms with Gasteiger partial charge in [-0.05, 0) is 23.4 Å². The van der Waals surface area contributed by atoms with Crippen molar-refractivity contribution >= 4 is 17.3 Å². The quantitative estimate of drug-likeness (QED) is 0.770. The molecule has 0 aliphatic heterocycles. The van der Waals surface area contributed by atoms with E-state index in [2.05, 4.69) is 15.4 Å². The number of H-pyrrole nitrogens is 1. The highest BCUT2D eigenvalue weighted by Gasteiger charge is 2.04. The summed E-state index contributed by atoms with van der Waals surface area (Å²) in [6, 6.07) is 6.83. The Kier molecular flexibility index (Phi) is 2.28. The molecule has 14 heavy (non-hydrogen) atoms. The number of nitrogens with zero attached hydrogens (tertiary/aromatic N) is 2. The lowest BCUT2D eigenvalue weighted by Gasteiger charge is -1.99. The van der Waals surface area contributed by atoms with E-state index in [1.807, 2.05) is 6.07 Å². The number of aromatic amines is 1. The highest BCUT2D eigenvalue weighted by atomic mass is 35.5. The maximum absolute atomic E-state index is 10.3. The normalized spacial score (nSPS) is 10.1. The van der Waals surface area contributed by atoms with Gasteiger partial charge in [0.2, 0.25) is 0 Å². The first-order chi connectivity index (χ1) is 6.81. The third-order valence-electron chi connectivity index (χ3n) is 1.86. The van der Waals surface area contributed by atoms with Crippen LogP contribution in [0.1, 0.15) is 0 Å². The molecule has 5 heteroatoms. The molecular weight excluding hydrogens is 202 g/mol. The Bertz CT molecular complexity index is 453. The average Bonchev–Trinajstić information content (AvgIpc) is 2.70. The minimum Gasteiger partial charge on any atom is -0.278 e. The van der Waals surface area contributed by atoms with Gasteiger partial charge >= 0.3 is 0 Å². The smallest absolute Gasteiger partial charge is 0.126 e. The Labute approximate surface area is 84.9 Å². The molecule has 1 N–H and O–H groups in total. The molecule has 70 valence electrons. The molecule has 1 heterocycles. The highest BCUT2D eigenvalue weighted by molar-refractivity contribution is 6.33. The largest absolute Gasteiger partial charge is 0.278 e. The van der Waals surface area contributed by atoms with Crippen LogP contribution in [0.5, 0.6) is 0 Å². The predicted molar refractivity (Wildman–Crippen MR) is 54.5 cm³/mol. The standard InChI is InChI=1S/C9H6ClN3O/c10-7-5-6(1-2-9(7)13-14)8-3-4-11-12-8/h1-5H,(H,11,12). The van der Waals surface area contributed by atoms with Crippen LogP contribution in [0.2, 0.25) is 5.02 Å². The Hall–Kier alpha value is -1.68. The number of aromatic nitrogens is 2. The van der Waals surface area contributed by atoms with Gasteiger partial charge in [0, 0.05) is 11.8 Å². The summed E-state index contributed by atoms with van der Waals surface area (Å²) in [4.78, 5) is 10.3. The van der Waals surface area contributed by atoms with E-state index in [1.165, 1.54) is 0 Å². The van der Waals surface area contributed by atoms with Gasteiger partial charge in [-0.3, -0.25) is 5.10 Å². The molecule has 0 amide bonds. The first kappa shape index (κ1) is 8.90. The van der Waals surface area contributed by atoms with E-state index >= 15 is 0 Å². The summed E-state index contributed by atoms with van der Waals surface area (Å²) in [5, 5.41) is 9.74. The zero-order valence-corrected chi connectivity index (χ0v) is 7.82. The van der Waals surface area contributed by atoms with E-state index < -0.39 is 0 Å². The van der Waals surface area contributed by atoms with Crippen LogP contribution in [0.3, 0.4) is 0 Å². The number of halogens is 1. The van der Waals surface area contributed by atoms with Gasteiger partial charge in [-0.25, -0.2) is 0 Å². The maximum Gasteiger partial charge on any atom is 0.126 e. The molecule has 0 radical (unpaired) electrons. The molecule has 0 spiro atoms. The van der Waals surface area contributed by atoms with E-state index in [9.17, 15) is 4.91 Å². The molecule has 1 aromatic carbocycles. The first-order valence-corrected chi connectivity index (χ1v) is 4.31. The zero-order chi connectivity index (χ0) is 9.97. The van der Waals surface area contributed by atoms with Crippen molar-refractivity contribution in [2.75, 3.05) is 0 Å². The van der Waals surface area contributed by atoms with Crippen molar-refractivity contribution in [3.8, 4) is 11.3 Å². The molecule has 2 aromatic rings. The molecule has 2 rings (SSSR count). The minimum atomic E-state index is 0.245. The average molecular weight is 208 g/mol. The predicted octanol–water partition coefficient (Wildman–Crippen LogP) is 3.13. The summed E-state index contributed by atoms with van der Waals surface area (Å²) in [7, 11) is 0. The van der Waals surface area contributed by atoms with Crippen LogP contribution in [0.4, 0.5) is 5.69 Å². The first-order valence-electron chi connectivity index (χ1n) is 3.94. The van der Waals surface area contributed by atoms with Crippen molar-refractivity contribution in [1.82, 2.24) is 10.2 Å². The summed E-state index contributed by atoms with van der Waals surface area (Å²) in [5.41, 5.74) is 1.97. The van der Waals surface area contributed by atoms with Gasteiger partial charge in [0.05, 0.1) is 10.7 Å². The summed E-state index contributed by atoms with van der Waals surface area (Å²) < 4.78 is 0. The van der Waals surface area contributed by atoms with E-state index in [0.717, 1.165) is 11.3 Å². The number of nitrogens with one attached hydrogen (secondary N) is 1. The van der Waals surface area contributed by atoms with Crippen LogP contribution in [0.15, 0.2) is 35.6 Å². The number of rotatable bonds is 2. The van der Waals surface area contributed by atoms with Crippen molar-refractivity contribution in [2.45, 2.75) is 0 Å². The molecular formula is C9H6ClN3O. The summed E-state index contributed by atoms with van der Waals surface area (Å²) >= 11 is 5.82. The Morgan fingerprint density at radius 2 is 2.21 bits per heavy atom. The van der Waals surface area contributed by atoms with Gasteiger partial charge in [0.25, 0.3) is 0 Å². The van der Waals surface area contributed by atoms with Crippen LogP contribution < -0.4 is 0 Å². The van der Waals surface area contributed by atoms with Crippen molar-refractivity contribution in [1.29, 1.82) is 0 Å². The Morgan fingerprint density at radius 3 is 2.79 bits per heavy atom. The van der Waals surface area contributed by atoms with Crippen molar-refractivity contribution < 1.29 is 0 Å². The van der Waals surface area contributed by atoms with Gasteiger partial charge in [0.15, 0.2) is 0 Å². The van der Waals surface area contributed by atoms with E-state index in [4.69, 9.17) is 11.6 Å². The van der Waals surface area contributed by atoms with Crippen molar-refractivity contribution in [3.05, 3.63) is 40.4 Å². The summed E-state index contributed by atoms with van der Waals surface area (Å²) in [6.45, 7) is 0. The fraction of sp³-hybridized carbons (Fsp3) is 0. The van der Waals surface area contributed by atoms with Gasteiger partial charge in [-0.15, -0.1) is 4.91 Å². The van der Waals surface area contributed by atoms with Crippen LogP contribution in [0.25, 0.3) is 11.3 Å². The second-order valence-corrected chi connectivity index (χ2v) is 3.13. The van der Waals surface area contributed by atoms with Crippen LogP contribution in [0, 0.1) is 4.91 Å². The van der Waals surface area contributed by atoms with Gasteiger partial charge in [-0.2, -0.15) is 5.10 Å². The van der Waals surface area contributed by atoms with E-state index in [-0.39, 0.29) is 5.69 Å². The molecule has 1 aromatic heterocycles. The fourth-order valence-electron chi connectivity index (χ4n) is 1.17. The fourth-order valence-corrected chi connectivity index (χ4v) is 1.38. The topological polar surface area (TPSA) is 58.1 Å². The summed E-state index contributed by atoms with van der Waals surface area (Å²) in [5.74, 6) is 0. The Morgan fingerprint density at radius 1 is 1.36 bits per heavy atom. The molecule has 0 bridgehead atoms. The van der Waals surface area contributed by atoms with Gasteiger partial charge < -0.3 is 0 Å². The highest BCUT2D eigenvalue weighted by Crippen LogP contribution is 2.29. The number of hydrogen-bond donors (Lipinski definition) is 1. The van der Waals surface area contributed by atoms with Crippen LogP contribution in [-0.4, -0.2) is 10.2 Å². The molecule has 0 saturated heterocycles. The molecule has 0 atom stereocenters. The van der Waals surface area contributed by atoms with Gasteiger partial charge in [0.1, 0.15) is 5.69 Å². The third kappa shape index (κ3) is 1.52. The SMILES string of the molecule is O=Nc1ccc(-c2ccn[nH]2)cc1Cl. The second kappa shape index (κ2) is 3.59. The monoisotopic (exact) mass is 207 g/mol. The summed E-state index contributed by atoms with van der Waals surface area (Å²) in [6.07, 6.45) is 1.65. The number of benzene rings is 1. The van der Waals surface area contributed by atoms with Crippen molar-refractivity contribution in [2.24, 2.45) is 5.18 Å². The zero-order valence-electron chi connectivity index (χ0n) is 7.07. The van der Waals surface area contributed by atoms with Gasteiger partial charge in [-0.1, -0.05) is 17.7 Å². The molecule has 0 fully saturated rings. The number of hydrogen-bond acceptors (Lipinski definition) is 3. The van der Waals surface area contributed by atoms with E-state index in [0.29, 0.717) is 5.02 Å². The lowest BCUT2D eigenvalue weighted by molar-refractivity contribution is 1.10. The van der Waals surface area contributed by atoms with Crippen LogP contribution in [-0.2, 0) is 0 Å². The molecule has 0 saturated carbocycles. The third-order valence-corrected chi connectivity index (χ3v) is 2.16. The Balaban J connectivity index is 2.48. The maximum atomic E-state index is 10.3. The molecule has 0 unspecified atom stereocenters.